The SMILES string of the molecule is Cc1csc(NC(=O)C2CCN(C(=O)C3CCCN3Cc3ccccc3)CC2)n1. The highest BCUT2D eigenvalue weighted by atomic mass is 32.1. The third-order valence-corrected chi connectivity index (χ3v) is 6.78. The summed E-state index contributed by atoms with van der Waals surface area (Å²) in [5, 5.41) is 5.51. The number of aromatic nitrogens is 1. The maximum absolute atomic E-state index is 13.1. The summed E-state index contributed by atoms with van der Waals surface area (Å²) in [5.41, 5.74) is 2.17. The molecule has 0 bridgehead atoms. The average Bonchev–Trinajstić information content (AvgIpc) is 3.37. The standard InChI is InChI=1S/C22H28N4O2S/c1-16-15-29-22(23-16)24-20(27)18-9-12-25(13-10-18)21(28)19-8-5-11-26(19)14-17-6-3-2-4-7-17/h2-4,6-7,15,18-19H,5,8-14H2,1H3,(H,23,24,27). The van der Waals surface area contributed by atoms with E-state index in [1.54, 1.807) is 0 Å². The molecule has 1 aromatic carbocycles. The number of likely N-dealkylation sites (tertiary alicyclic amines) is 2. The molecule has 3 heterocycles. The third kappa shape index (κ3) is 4.85. The highest BCUT2D eigenvalue weighted by molar-refractivity contribution is 7.13. The average molecular weight is 413 g/mol. The zero-order valence-corrected chi connectivity index (χ0v) is 17.7. The Morgan fingerprint density at radius 2 is 1.90 bits per heavy atom. The van der Waals surface area contributed by atoms with Crippen LogP contribution < -0.4 is 5.32 Å². The monoisotopic (exact) mass is 412 g/mol. The second-order valence-corrected chi connectivity index (χ2v) is 8.86. The molecule has 2 aliphatic rings. The largest absolute Gasteiger partial charge is 0.341 e. The molecule has 2 amide bonds. The number of piperidine rings is 1. The molecule has 1 unspecified atom stereocenters. The van der Waals surface area contributed by atoms with Gasteiger partial charge in [-0.3, -0.25) is 14.5 Å². The maximum Gasteiger partial charge on any atom is 0.239 e. The lowest BCUT2D eigenvalue weighted by atomic mass is 9.95. The van der Waals surface area contributed by atoms with E-state index in [2.05, 4.69) is 27.3 Å². The summed E-state index contributed by atoms with van der Waals surface area (Å²) in [7, 11) is 0. The van der Waals surface area contributed by atoms with Gasteiger partial charge in [0.25, 0.3) is 0 Å². The topological polar surface area (TPSA) is 65.5 Å². The van der Waals surface area contributed by atoms with E-state index in [1.807, 2.05) is 35.4 Å². The van der Waals surface area contributed by atoms with Gasteiger partial charge in [-0.05, 0) is 44.7 Å². The first-order chi connectivity index (χ1) is 14.1. The van der Waals surface area contributed by atoms with Gasteiger partial charge in [0.15, 0.2) is 5.13 Å². The molecule has 0 saturated carbocycles. The van der Waals surface area contributed by atoms with E-state index < -0.39 is 0 Å². The first-order valence-corrected chi connectivity index (χ1v) is 11.3. The Balaban J connectivity index is 1.29. The Morgan fingerprint density at radius 1 is 1.14 bits per heavy atom. The minimum atomic E-state index is -0.0488. The predicted octanol–water partition coefficient (Wildman–Crippen LogP) is 3.29. The lowest BCUT2D eigenvalue weighted by molar-refractivity contribution is -0.139. The van der Waals surface area contributed by atoms with Crippen LogP contribution in [0.1, 0.15) is 36.9 Å². The van der Waals surface area contributed by atoms with Gasteiger partial charge in [-0.15, -0.1) is 11.3 Å². The van der Waals surface area contributed by atoms with E-state index in [4.69, 9.17) is 0 Å². The lowest BCUT2D eigenvalue weighted by Crippen LogP contribution is -2.49. The molecule has 4 rings (SSSR count). The smallest absolute Gasteiger partial charge is 0.239 e. The normalized spacial score (nSPS) is 20.7. The van der Waals surface area contributed by atoms with Crippen molar-refractivity contribution in [3.8, 4) is 0 Å². The molecule has 0 spiro atoms. The maximum atomic E-state index is 13.1. The number of nitrogens with zero attached hydrogens (tertiary/aromatic N) is 3. The molecule has 29 heavy (non-hydrogen) atoms. The number of carbonyl (C=O) groups excluding carboxylic acids is 2. The Hall–Kier alpha value is -2.25. The molecule has 6 nitrogen and oxygen atoms in total. The van der Waals surface area contributed by atoms with Gasteiger partial charge in [0, 0.05) is 30.9 Å². The molecule has 154 valence electrons. The van der Waals surface area contributed by atoms with Crippen LogP contribution in [-0.4, -0.2) is 52.3 Å². The number of anilines is 1. The van der Waals surface area contributed by atoms with Gasteiger partial charge < -0.3 is 10.2 Å². The lowest BCUT2D eigenvalue weighted by Gasteiger charge is -2.35. The van der Waals surface area contributed by atoms with Crippen molar-refractivity contribution in [3.63, 3.8) is 0 Å². The Kier molecular flexibility index (Phi) is 6.25. The van der Waals surface area contributed by atoms with E-state index in [-0.39, 0.29) is 23.8 Å². The van der Waals surface area contributed by atoms with Crippen LogP contribution in [0.25, 0.3) is 0 Å². The second-order valence-electron chi connectivity index (χ2n) is 8.00. The molecule has 1 N–H and O–H groups in total. The Morgan fingerprint density at radius 3 is 2.59 bits per heavy atom. The van der Waals surface area contributed by atoms with Crippen molar-refractivity contribution in [2.75, 3.05) is 25.0 Å². The van der Waals surface area contributed by atoms with Crippen LogP contribution in [0.2, 0.25) is 0 Å². The van der Waals surface area contributed by atoms with Crippen LogP contribution in [0.3, 0.4) is 0 Å². The van der Waals surface area contributed by atoms with Crippen molar-refractivity contribution in [1.29, 1.82) is 0 Å². The van der Waals surface area contributed by atoms with Gasteiger partial charge in [-0.2, -0.15) is 0 Å². The van der Waals surface area contributed by atoms with Crippen LogP contribution in [-0.2, 0) is 16.1 Å². The number of benzene rings is 1. The number of aryl methyl sites for hydroxylation is 1. The van der Waals surface area contributed by atoms with Crippen molar-refractivity contribution in [2.45, 2.75) is 45.2 Å². The number of hydrogen-bond donors (Lipinski definition) is 1. The second kappa shape index (κ2) is 9.05. The van der Waals surface area contributed by atoms with E-state index >= 15 is 0 Å². The van der Waals surface area contributed by atoms with E-state index in [0.717, 1.165) is 31.6 Å². The first kappa shape index (κ1) is 20.0. The minimum Gasteiger partial charge on any atom is -0.341 e. The zero-order valence-electron chi connectivity index (χ0n) is 16.8. The quantitative estimate of drug-likeness (QED) is 0.818. The van der Waals surface area contributed by atoms with Crippen LogP contribution >= 0.6 is 11.3 Å². The molecule has 2 saturated heterocycles. The van der Waals surface area contributed by atoms with E-state index in [0.29, 0.717) is 31.1 Å². The summed E-state index contributed by atoms with van der Waals surface area (Å²) in [6.45, 7) is 5.02. The summed E-state index contributed by atoms with van der Waals surface area (Å²) in [5.74, 6) is 0.207. The van der Waals surface area contributed by atoms with E-state index in [1.165, 1.54) is 16.9 Å². The predicted molar refractivity (Wildman–Crippen MR) is 115 cm³/mol. The molecule has 2 aromatic rings. The molecule has 7 heteroatoms. The number of nitrogens with one attached hydrogen (secondary N) is 1. The number of carbonyl (C=O) groups is 2. The summed E-state index contributed by atoms with van der Waals surface area (Å²) in [4.78, 5) is 34.2. The summed E-state index contributed by atoms with van der Waals surface area (Å²) in [6.07, 6.45) is 3.42. The summed E-state index contributed by atoms with van der Waals surface area (Å²) in [6, 6.07) is 10.3. The number of hydrogen-bond acceptors (Lipinski definition) is 5. The van der Waals surface area contributed by atoms with Crippen molar-refractivity contribution >= 4 is 28.3 Å². The van der Waals surface area contributed by atoms with Crippen molar-refractivity contribution in [2.24, 2.45) is 5.92 Å². The summed E-state index contributed by atoms with van der Waals surface area (Å²) < 4.78 is 0. The van der Waals surface area contributed by atoms with Gasteiger partial charge in [-0.1, -0.05) is 30.3 Å². The fourth-order valence-electron chi connectivity index (χ4n) is 4.30. The first-order valence-electron chi connectivity index (χ1n) is 10.4. The Bertz CT molecular complexity index is 846. The van der Waals surface area contributed by atoms with Crippen LogP contribution in [0.5, 0.6) is 0 Å². The van der Waals surface area contributed by atoms with E-state index in [9.17, 15) is 9.59 Å². The molecule has 1 atom stereocenters. The van der Waals surface area contributed by atoms with Crippen LogP contribution in [0.15, 0.2) is 35.7 Å². The van der Waals surface area contributed by atoms with Crippen molar-refractivity contribution in [1.82, 2.24) is 14.8 Å². The van der Waals surface area contributed by atoms with Gasteiger partial charge in [-0.25, -0.2) is 4.98 Å². The summed E-state index contributed by atoms with van der Waals surface area (Å²) >= 11 is 1.45. The minimum absolute atomic E-state index is 0.0259. The molecule has 1 aromatic heterocycles. The highest BCUT2D eigenvalue weighted by Crippen LogP contribution is 2.26. The molecule has 2 aliphatic heterocycles. The number of rotatable bonds is 5. The zero-order chi connectivity index (χ0) is 20.2. The van der Waals surface area contributed by atoms with Crippen molar-refractivity contribution in [3.05, 3.63) is 47.0 Å². The van der Waals surface area contributed by atoms with Gasteiger partial charge in [0.2, 0.25) is 11.8 Å². The van der Waals surface area contributed by atoms with Crippen LogP contribution in [0.4, 0.5) is 5.13 Å². The molecular formula is C22H28N4O2S. The van der Waals surface area contributed by atoms with Crippen molar-refractivity contribution < 1.29 is 9.59 Å². The molecule has 2 fully saturated rings. The number of amides is 2. The number of thiazole rings is 1. The highest BCUT2D eigenvalue weighted by Gasteiger charge is 2.36. The molecular weight excluding hydrogens is 384 g/mol. The van der Waals surface area contributed by atoms with Gasteiger partial charge >= 0.3 is 0 Å². The molecule has 0 aliphatic carbocycles. The third-order valence-electron chi connectivity index (χ3n) is 5.90. The fourth-order valence-corrected chi connectivity index (χ4v) is 5.00. The molecule has 0 radical (unpaired) electrons. The Labute approximate surface area is 175 Å². The van der Waals surface area contributed by atoms with Crippen LogP contribution in [0, 0.1) is 12.8 Å². The van der Waals surface area contributed by atoms with Gasteiger partial charge in [0.1, 0.15) is 0 Å². The van der Waals surface area contributed by atoms with Gasteiger partial charge in [0.05, 0.1) is 11.7 Å². The fraction of sp³-hybridized carbons (Fsp3) is 0.500.